The van der Waals surface area contributed by atoms with Crippen LogP contribution in [0.4, 0.5) is 0 Å². The highest BCUT2D eigenvalue weighted by Gasteiger charge is 1.96. The van der Waals surface area contributed by atoms with E-state index in [-0.39, 0.29) is 0 Å². The summed E-state index contributed by atoms with van der Waals surface area (Å²) in [6.07, 6.45) is 32.7. The summed E-state index contributed by atoms with van der Waals surface area (Å²) in [6.45, 7) is 49.7. The van der Waals surface area contributed by atoms with Gasteiger partial charge in [0.1, 0.15) is 18.8 Å². The summed E-state index contributed by atoms with van der Waals surface area (Å²) in [4.78, 5) is 8.07. The molecule has 17 heteroatoms. The quantitative estimate of drug-likeness (QED) is 0.217. The monoisotopic (exact) mass is 1080 g/mol. The first-order valence-corrected chi connectivity index (χ1v) is 28.0. The molecule has 4 fully saturated rings. The van der Waals surface area contributed by atoms with Crippen molar-refractivity contribution in [2.24, 2.45) is 0 Å². The lowest BCUT2D eigenvalue weighted by Gasteiger charge is -2.10. The number of aromatic nitrogens is 3. The van der Waals surface area contributed by atoms with Crippen LogP contribution < -0.4 is 10.8 Å². The fourth-order valence-corrected chi connectivity index (χ4v) is 3.40. The zero-order valence-corrected chi connectivity index (χ0v) is 51.6. The van der Waals surface area contributed by atoms with Crippen LogP contribution >= 0.6 is 0 Å². The van der Waals surface area contributed by atoms with E-state index in [0.717, 1.165) is 65.8 Å². The number of hydroxylamine groups is 1. The number of nitrogens with one attached hydrogen (secondary N) is 2. The second-order valence-corrected chi connectivity index (χ2v) is 10.3. The minimum absolute atomic E-state index is 0.375. The van der Waals surface area contributed by atoms with Crippen LogP contribution in [0.1, 0.15) is 177 Å². The van der Waals surface area contributed by atoms with E-state index in [1.165, 1.54) is 44.8 Å². The van der Waals surface area contributed by atoms with Gasteiger partial charge in [0.25, 0.3) is 0 Å². The van der Waals surface area contributed by atoms with E-state index in [9.17, 15) is 0 Å². The molecule has 2 N–H and O–H groups in total. The van der Waals surface area contributed by atoms with Crippen LogP contribution in [-0.4, -0.2) is 102 Å². The topological polar surface area (TPSA) is 181 Å². The number of nitrogens with zero attached hydrogens (tertiary/aromatic N) is 3. The van der Waals surface area contributed by atoms with Gasteiger partial charge in [0, 0.05) is 45.0 Å². The van der Waals surface area contributed by atoms with Crippen molar-refractivity contribution >= 4 is 0 Å². The maximum atomic E-state index is 5.07. The molecule has 10 rings (SSSR count). The predicted molar refractivity (Wildman–Crippen MR) is 315 cm³/mol. The molecule has 75 heavy (non-hydrogen) atoms. The van der Waals surface area contributed by atoms with Crippen molar-refractivity contribution < 1.29 is 56.3 Å². The average molecular weight is 1080 g/mol. The van der Waals surface area contributed by atoms with Crippen LogP contribution in [0.2, 0.25) is 0 Å². The smallest absolute Gasteiger partial charge is 0.180 e. The number of allylic oxidation sites excluding steroid dienone is 2. The Bertz CT molecular complexity index is 977. The lowest BCUT2D eigenvalue weighted by Crippen LogP contribution is -2.16. The molecule has 0 bridgehead atoms. The molecular formula is C58H119N5O12. The molecule has 0 amide bonds. The number of furan rings is 1. The highest BCUT2D eigenvalue weighted by atomic mass is 16.8. The summed E-state index contributed by atoms with van der Waals surface area (Å²) < 4.78 is 52.2. The Labute approximate surface area is 461 Å². The first kappa shape index (κ1) is 93.0. The fourth-order valence-electron chi connectivity index (χ4n) is 3.40. The normalized spacial score (nSPS) is 13.7. The van der Waals surface area contributed by atoms with E-state index in [0.29, 0.717) is 27.1 Å². The van der Waals surface area contributed by atoms with Crippen molar-refractivity contribution in [3.8, 4) is 0 Å². The Morgan fingerprint density at radius 3 is 0.947 bits per heavy atom. The van der Waals surface area contributed by atoms with Crippen LogP contribution in [0.5, 0.6) is 0 Å². The van der Waals surface area contributed by atoms with Crippen molar-refractivity contribution in [3.05, 3.63) is 118 Å². The molecule has 3 aromatic heterocycles. The summed E-state index contributed by atoms with van der Waals surface area (Å²) >= 11 is 0. The molecule has 7 aliphatic rings. The van der Waals surface area contributed by atoms with Gasteiger partial charge in [-0.15, -0.1) is 0 Å². The molecule has 0 atom stereocenters. The van der Waals surface area contributed by atoms with Crippen molar-refractivity contribution in [1.82, 2.24) is 26.0 Å². The molecule has 0 aliphatic carbocycles. The molecule has 0 spiro atoms. The van der Waals surface area contributed by atoms with Gasteiger partial charge in [0.15, 0.2) is 33.5 Å². The van der Waals surface area contributed by atoms with Gasteiger partial charge in [0.2, 0.25) is 0 Å². The number of hydrogen-bond donors (Lipinski definition) is 2. The van der Waals surface area contributed by atoms with Gasteiger partial charge < -0.3 is 61.6 Å². The van der Waals surface area contributed by atoms with E-state index in [1.807, 2.05) is 181 Å². The van der Waals surface area contributed by atoms with Crippen LogP contribution in [0.3, 0.4) is 0 Å². The molecule has 10 heterocycles. The van der Waals surface area contributed by atoms with E-state index >= 15 is 0 Å². The van der Waals surface area contributed by atoms with E-state index in [2.05, 4.69) is 58.6 Å². The van der Waals surface area contributed by atoms with Crippen molar-refractivity contribution in [2.75, 3.05) is 86.5 Å². The Balaban J connectivity index is -0.0000000755. The Hall–Kier alpha value is -4.59. The van der Waals surface area contributed by atoms with E-state index in [4.69, 9.17) is 23.7 Å². The summed E-state index contributed by atoms with van der Waals surface area (Å²) in [7, 11) is 0. The van der Waals surface area contributed by atoms with Gasteiger partial charge in [-0.1, -0.05) is 138 Å². The molecule has 17 nitrogen and oxygen atoms in total. The highest BCUT2D eigenvalue weighted by molar-refractivity contribution is 4.92. The molecular weight excluding hydrogens is 959 g/mol. The van der Waals surface area contributed by atoms with Gasteiger partial charge in [-0.3, -0.25) is 0 Å². The summed E-state index contributed by atoms with van der Waals surface area (Å²) in [5.74, 6) is 0. The van der Waals surface area contributed by atoms with Gasteiger partial charge in [-0.05, 0) is 81.0 Å². The lowest BCUT2D eigenvalue weighted by molar-refractivity contribution is -0.247. The maximum absolute atomic E-state index is 5.07. The van der Waals surface area contributed by atoms with Gasteiger partial charge >= 0.3 is 0 Å². The molecule has 7 aliphatic heterocycles. The second-order valence-electron chi connectivity index (χ2n) is 10.3. The molecule has 0 aromatic carbocycles. The van der Waals surface area contributed by atoms with E-state index < -0.39 is 0 Å². The molecule has 0 radical (unpaired) electrons. The molecule has 4 saturated heterocycles. The highest BCUT2D eigenvalue weighted by Crippen LogP contribution is 2.02. The first-order valence-electron chi connectivity index (χ1n) is 28.0. The Morgan fingerprint density at radius 1 is 0.387 bits per heavy atom. The Morgan fingerprint density at radius 2 is 0.813 bits per heavy atom. The zero-order chi connectivity index (χ0) is 58.9. The summed E-state index contributed by atoms with van der Waals surface area (Å²) in [6, 6.07) is 7.32. The number of hydrogen-bond acceptors (Lipinski definition) is 17. The average Bonchev–Trinajstić information content (AvgIpc) is 4.43. The zero-order valence-electron chi connectivity index (χ0n) is 51.6. The van der Waals surface area contributed by atoms with Crippen LogP contribution in [0.15, 0.2) is 126 Å². The SMILES string of the molecule is C1=COC=CC1.C1=COCN1.C1=CONC1.C1CCOC1.C1CCOCC1.C1COCCO1.C1OCOCO1.CC.CC.CC.CC.CC.CC.CC.CC.CC.CC.c1ccnnc1.c1ccoc1.c1cocn1. The lowest BCUT2D eigenvalue weighted by atomic mass is 10.2. The maximum Gasteiger partial charge on any atom is 0.180 e. The molecule has 0 saturated carbocycles. The molecule has 0 unspecified atom stereocenters. The molecule has 448 valence electrons. The third-order valence-electron chi connectivity index (χ3n) is 5.92. The largest absolute Gasteiger partial charge is 0.479 e. The molecule has 3 aromatic rings. The Kier molecular flexibility index (Phi) is 158. The predicted octanol–water partition coefficient (Wildman–Crippen LogP) is 16.1. The number of oxazole rings is 1. The van der Waals surface area contributed by atoms with Crippen molar-refractivity contribution in [2.45, 2.75) is 177 Å². The van der Waals surface area contributed by atoms with Gasteiger partial charge in [0.05, 0.1) is 64.2 Å². The minimum atomic E-state index is 0.375. The van der Waals surface area contributed by atoms with E-state index in [1.54, 1.807) is 62.4 Å². The van der Waals surface area contributed by atoms with Crippen molar-refractivity contribution in [3.63, 3.8) is 0 Å². The first-order chi connectivity index (χ1) is 37.5. The van der Waals surface area contributed by atoms with Gasteiger partial charge in [-0.2, -0.15) is 15.7 Å². The second kappa shape index (κ2) is 128. The van der Waals surface area contributed by atoms with Crippen LogP contribution in [0.25, 0.3) is 0 Å². The third kappa shape index (κ3) is 124. The van der Waals surface area contributed by atoms with Gasteiger partial charge in [-0.25, -0.2) is 4.98 Å². The number of ether oxygens (including phenoxy) is 9. The van der Waals surface area contributed by atoms with Crippen molar-refractivity contribution in [1.29, 1.82) is 0 Å². The van der Waals surface area contributed by atoms with Crippen LogP contribution in [0, 0.1) is 0 Å². The number of rotatable bonds is 0. The standard InChI is InChI=1S/C5H10O.C5H6O.C4H4N2.C4H8O2.C4H8O.C4H4O.C3H5NO.C3H3NO.C3H5NO.C3H6O3.10C2H6/c3*1-2-4-6-5-3-1;1-2-6-4-3-5-1;2*1-2-4-5-3-1;2*1-2-5-3-4-1;1-2-4-5-3-1;1-4-2-6-3-5-1;10*1-2/h1-5H2;2-5H,1H2;1-4H;1-4H2;1-4H2;1-4H;1-2,4H,3H2;1-3H;1,3-4H,2H2;1-3H2;10*1-2H3. The third-order valence-corrected chi connectivity index (χ3v) is 5.92. The summed E-state index contributed by atoms with van der Waals surface area (Å²) in [5.41, 5.74) is 2.61. The minimum Gasteiger partial charge on any atom is -0.479 e. The van der Waals surface area contributed by atoms with Crippen LogP contribution in [-0.2, 0) is 47.5 Å². The fraction of sp³-hybridized carbons (Fsp3) is 0.672. The summed E-state index contributed by atoms with van der Waals surface area (Å²) in [5, 5.41) is 9.89.